The fourth-order valence-electron chi connectivity index (χ4n) is 3.80. The molecule has 3 aromatic carbocycles. The van der Waals surface area contributed by atoms with Crippen LogP contribution in [0.3, 0.4) is 0 Å². The summed E-state index contributed by atoms with van der Waals surface area (Å²) < 4.78 is 3.31. The smallest absolute Gasteiger partial charge is 0.0175 e. The second-order valence-electron chi connectivity index (χ2n) is 7.87. The molecule has 0 amide bonds. The lowest BCUT2D eigenvalue weighted by Gasteiger charge is -2.19. The summed E-state index contributed by atoms with van der Waals surface area (Å²) in [4.78, 5) is 0. The van der Waals surface area contributed by atoms with Gasteiger partial charge in [0, 0.05) is 19.3 Å². The normalized spacial score (nSPS) is 15.9. The second kappa shape index (κ2) is 10.8. The maximum Gasteiger partial charge on any atom is 0.0175 e. The van der Waals surface area contributed by atoms with Crippen LogP contribution < -0.4 is 0 Å². The van der Waals surface area contributed by atoms with Crippen molar-refractivity contribution in [1.82, 2.24) is 0 Å². The van der Waals surface area contributed by atoms with E-state index in [0.717, 1.165) is 19.8 Å². The SMILES string of the molecule is Cc1ccc(/C(=C\C=C(c2ccc(Br)cc2)c2ccc(Br)cc2)C2C=CC(Br)=CC2)cc1. The summed E-state index contributed by atoms with van der Waals surface area (Å²) in [6, 6.07) is 25.9. The first-order valence-corrected chi connectivity index (χ1v) is 12.9. The van der Waals surface area contributed by atoms with Crippen molar-refractivity contribution in [1.29, 1.82) is 0 Å². The highest BCUT2D eigenvalue weighted by molar-refractivity contribution is 9.12. The van der Waals surface area contributed by atoms with E-state index in [1.165, 1.54) is 33.4 Å². The Morgan fingerprint density at radius 2 is 1.25 bits per heavy atom. The van der Waals surface area contributed by atoms with Gasteiger partial charge in [-0.3, -0.25) is 0 Å². The van der Waals surface area contributed by atoms with E-state index in [4.69, 9.17) is 0 Å². The number of hydrogen-bond donors (Lipinski definition) is 0. The third-order valence-corrected chi connectivity index (χ3v) is 7.22. The van der Waals surface area contributed by atoms with E-state index in [0.29, 0.717) is 5.92 Å². The summed E-state index contributed by atoms with van der Waals surface area (Å²) in [6.45, 7) is 2.13. The van der Waals surface area contributed by atoms with Crippen molar-refractivity contribution in [3.63, 3.8) is 0 Å². The number of hydrogen-bond acceptors (Lipinski definition) is 0. The number of halogens is 3. The van der Waals surface area contributed by atoms with Crippen molar-refractivity contribution in [3.05, 3.63) is 139 Å². The zero-order valence-corrected chi connectivity index (χ0v) is 22.5. The molecule has 1 unspecified atom stereocenters. The van der Waals surface area contributed by atoms with Gasteiger partial charge >= 0.3 is 0 Å². The van der Waals surface area contributed by atoms with Crippen molar-refractivity contribution in [2.24, 2.45) is 5.92 Å². The Balaban J connectivity index is 1.82. The standard InChI is InChI=1S/C29H23Br3/c1-20-2-4-21(5-3-20)28(22-6-12-25(30)13-7-22)18-19-29(23-8-14-26(31)15-9-23)24-10-16-27(32)17-11-24/h2-6,8-19,22H,7H2,1H3/b28-18+. The van der Waals surface area contributed by atoms with Gasteiger partial charge in [-0.2, -0.15) is 0 Å². The molecule has 0 fully saturated rings. The van der Waals surface area contributed by atoms with Gasteiger partial charge in [0.05, 0.1) is 0 Å². The molecule has 0 N–H and O–H groups in total. The van der Waals surface area contributed by atoms with Gasteiger partial charge in [0.2, 0.25) is 0 Å². The predicted octanol–water partition coefficient (Wildman–Crippen LogP) is 9.89. The lowest BCUT2D eigenvalue weighted by Crippen LogP contribution is -2.02. The number of rotatable bonds is 5. The molecular weight excluding hydrogens is 588 g/mol. The molecule has 32 heavy (non-hydrogen) atoms. The zero-order chi connectivity index (χ0) is 22.5. The monoisotopic (exact) mass is 608 g/mol. The van der Waals surface area contributed by atoms with Crippen LogP contribution in [0.15, 0.2) is 117 Å². The fourth-order valence-corrected chi connectivity index (χ4v) is 4.66. The van der Waals surface area contributed by atoms with Gasteiger partial charge in [0.15, 0.2) is 0 Å². The predicted molar refractivity (Wildman–Crippen MR) is 149 cm³/mol. The summed E-state index contributed by atoms with van der Waals surface area (Å²) in [5.74, 6) is 0.339. The molecule has 4 rings (SSSR count). The lowest BCUT2D eigenvalue weighted by atomic mass is 9.86. The Morgan fingerprint density at radius 3 is 1.75 bits per heavy atom. The minimum atomic E-state index is 0.339. The molecule has 160 valence electrons. The fraction of sp³-hybridized carbons (Fsp3) is 0.103. The van der Waals surface area contributed by atoms with Crippen molar-refractivity contribution in [2.45, 2.75) is 13.3 Å². The van der Waals surface area contributed by atoms with Crippen molar-refractivity contribution < 1.29 is 0 Å². The molecule has 1 aliphatic carbocycles. The van der Waals surface area contributed by atoms with Gasteiger partial charge in [-0.15, -0.1) is 0 Å². The summed E-state index contributed by atoms with van der Waals surface area (Å²) >= 11 is 10.7. The van der Waals surface area contributed by atoms with Crippen LogP contribution in [0.25, 0.3) is 11.1 Å². The Morgan fingerprint density at radius 1 is 0.719 bits per heavy atom. The first-order chi connectivity index (χ1) is 15.5. The molecule has 0 bridgehead atoms. The maximum absolute atomic E-state index is 3.60. The molecule has 0 aliphatic heterocycles. The quantitative estimate of drug-likeness (QED) is 0.252. The van der Waals surface area contributed by atoms with Gasteiger partial charge in [-0.25, -0.2) is 0 Å². The average Bonchev–Trinajstić information content (AvgIpc) is 2.80. The Bertz CT molecular complexity index is 1150. The first-order valence-electron chi connectivity index (χ1n) is 10.5. The summed E-state index contributed by atoms with van der Waals surface area (Å²) in [6.07, 6.45) is 12.2. The molecule has 0 aromatic heterocycles. The number of benzene rings is 3. The van der Waals surface area contributed by atoms with Crippen LogP contribution in [-0.4, -0.2) is 0 Å². The molecule has 0 nitrogen and oxygen atoms in total. The van der Waals surface area contributed by atoms with Crippen LogP contribution in [0.4, 0.5) is 0 Å². The molecule has 1 aliphatic rings. The minimum Gasteiger partial charge on any atom is -0.0756 e. The van der Waals surface area contributed by atoms with Crippen molar-refractivity contribution in [2.75, 3.05) is 0 Å². The summed E-state index contributed by atoms with van der Waals surface area (Å²) in [5, 5.41) is 0. The molecule has 3 aromatic rings. The van der Waals surface area contributed by atoms with Gasteiger partial charge in [-0.1, -0.05) is 132 Å². The minimum absolute atomic E-state index is 0.339. The van der Waals surface area contributed by atoms with Crippen LogP contribution in [0.2, 0.25) is 0 Å². The Hall–Kier alpha value is -1.94. The third kappa shape index (κ3) is 5.89. The zero-order valence-electron chi connectivity index (χ0n) is 17.7. The molecular formula is C29H23Br3. The van der Waals surface area contributed by atoms with E-state index in [2.05, 4.69) is 158 Å². The van der Waals surface area contributed by atoms with E-state index in [9.17, 15) is 0 Å². The van der Waals surface area contributed by atoms with Gasteiger partial charge in [-0.05, 0) is 65.4 Å². The molecule has 0 saturated heterocycles. The van der Waals surface area contributed by atoms with Crippen LogP contribution in [0.5, 0.6) is 0 Å². The van der Waals surface area contributed by atoms with E-state index in [1.807, 2.05) is 0 Å². The Labute approximate surface area is 215 Å². The van der Waals surface area contributed by atoms with Gasteiger partial charge in [0.1, 0.15) is 0 Å². The molecule has 3 heteroatoms. The van der Waals surface area contributed by atoms with Crippen LogP contribution in [0, 0.1) is 12.8 Å². The second-order valence-corrected chi connectivity index (χ2v) is 10.6. The van der Waals surface area contributed by atoms with E-state index < -0.39 is 0 Å². The number of allylic oxidation sites excluding steroid dienone is 7. The largest absolute Gasteiger partial charge is 0.0756 e. The summed E-state index contributed by atoms with van der Waals surface area (Å²) in [5.41, 5.74) is 7.44. The number of aryl methyl sites for hydroxylation is 1. The van der Waals surface area contributed by atoms with Crippen molar-refractivity contribution in [3.8, 4) is 0 Å². The summed E-state index contributed by atoms with van der Waals surface area (Å²) in [7, 11) is 0. The van der Waals surface area contributed by atoms with E-state index in [-0.39, 0.29) is 0 Å². The van der Waals surface area contributed by atoms with E-state index >= 15 is 0 Å². The first kappa shape index (κ1) is 23.2. The highest BCUT2D eigenvalue weighted by Gasteiger charge is 2.15. The molecule has 0 radical (unpaired) electrons. The molecule has 0 saturated carbocycles. The molecule has 0 spiro atoms. The van der Waals surface area contributed by atoms with Crippen molar-refractivity contribution >= 4 is 58.9 Å². The molecule has 1 atom stereocenters. The van der Waals surface area contributed by atoms with Crippen LogP contribution >= 0.6 is 47.8 Å². The van der Waals surface area contributed by atoms with Gasteiger partial charge < -0.3 is 0 Å². The highest BCUT2D eigenvalue weighted by Crippen LogP contribution is 2.34. The van der Waals surface area contributed by atoms with E-state index in [1.54, 1.807) is 0 Å². The van der Waals surface area contributed by atoms with Crippen LogP contribution in [0.1, 0.15) is 28.7 Å². The average molecular weight is 611 g/mol. The maximum atomic E-state index is 3.60. The highest BCUT2D eigenvalue weighted by atomic mass is 79.9. The Kier molecular flexibility index (Phi) is 7.83. The topological polar surface area (TPSA) is 0 Å². The van der Waals surface area contributed by atoms with Crippen LogP contribution in [-0.2, 0) is 0 Å². The lowest BCUT2D eigenvalue weighted by molar-refractivity contribution is 0.842. The molecule has 0 heterocycles. The third-order valence-electron chi connectivity index (χ3n) is 5.58. The van der Waals surface area contributed by atoms with Gasteiger partial charge in [0.25, 0.3) is 0 Å².